The Balaban J connectivity index is 1.19. The average Bonchev–Trinajstić information content (AvgIpc) is 3.05. The first-order chi connectivity index (χ1) is 15.4. The van der Waals surface area contributed by atoms with Crippen molar-refractivity contribution in [3.63, 3.8) is 0 Å². The topological polar surface area (TPSA) is 70.2 Å². The van der Waals surface area contributed by atoms with E-state index in [1.54, 1.807) is 27.4 Å². The number of thioether (sulfide) groups is 1. The van der Waals surface area contributed by atoms with Crippen LogP contribution in [0.3, 0.4) is 0 Å². The van der Waals surface area contributed by atoms with E-state index in [2.05, 4.69) is 4.90 Å². The van der Waals surface area contributed by atoms with E-state index in [1.165, 1.54) is 11.5 Å². The molecule has 0 bridgehead atoms. The Morgan fingerprint density at radius 1 is 1.09 bits per heavy atom. The fourth-order valence-electron chi connectivity index (χ4n) is 5.61. The summed E-state index contributed by atoms with van der Waals surface area (Å²) in [6.45, 7) is 3.78. The van der Waals surface area contributed by atoms with Crippen LogP contribution in [0.25, 0.3) is 0 Å². The molecule has 4 heterocycles. The standard InChI is InChI=1S/C22H30ClN3O4S2/c23-16-4-5-21-19(14-16)20-3-1-2-18(26(20)32(21,28)29)15-30-22(27)25-8-6-17(7-9-25)24-10-12-31-13-11-24/h4-5,14,17-18,20H,1-3,6-13,15H2/t18-,20+/m1/s1. The maximum absolute atomic E-state index is 13.2. The molecule has 10 heteroatoms. The molecule has 32 heavy (non-hydrogen) atoms. The van der Waals surface area contributed by atoms with E-state index in [-0.39, 0.29) is 24.8 Å². The summed E-state index contributed by atoms with van der Waals surface area (Å²) >= 11 is 8.15. The zero-order valence-corrected chi connectivity index (χ0v) is 20.5. The van der Waals surface area contributed by atoms with Gasteiger partial charge in [-0.2, -0.15) is 16.1 Å². The predicted molar refractivity (Wildman–Crippen MR) is 126 cm³/mol. The number of benzene rings is 1. The van der Waals surface area contributed by atoms with Crippen molar-refractivity contribution in [1.82, 2.24) is 14.1 Å². The van der Waals surface area contributed by atoms with E-state index in [4.69, 9.17) is 16.3 Å². The van der Waals surface area contributed by atoms with Crippen molar-refractivity contribution in [2.45, 2.75) is 55.1 Å². The van der Waals surface area contributed by atoms with Crippen molar-refractivity contribution in [3.8, 4) is 0 Å². The summed E-state index contributed by atoms with van der Waals surface area (Å²) in [6, 6.07) is 4.98. The molecule has 4 aliphatic heterocycles. The normalized spacial score (nSPS) is 28.8. The number of amides is 1. The van der Waals surface area contributed by atoms with Gasteiger partial charge in [0.05, 0.1) is 17.0 Å². The highest BCUT2D eigenvalue weighted by Crippen LogP contribution is 2.47. The number of halogens is 1. The van der Waals surface area contributed by atoms with Gasteiger partial charge in [0.25, 0.3) is 0 Å². The van der Waals surface area contributed by atoms with Gasteiger partial charge in [0, 0.05) is 48.7 Å². The largest absolute Gasteiger partial charge is 0.448 e. The average molecular weight is 500 g/mol. The minimum atomic E-state index is -3.60. The number of hydrogen-bond donors (Lipinski definition) is 0. The fraction of sp³-hybridized carbons (Fsp3) is 0.682. The zero-order valence-electron chi connectivity index (χ0n) is 18.1. The summed E-state index contributed by atoms with van der Waals surface area (Å²) in [6.07, 6.45) is 3.98. The number of sulfonamides is 1. The molecule has 5 rings (SSSR count). The van der Waals surface area contributed by atoms with Gasteiger partial charge in [-0.15, -0.1) is 0 Å². The monoisotopic (exact) mass is 499 g/mol. The Hall–Kier alpha value is -1.00. The molecule has 0 aromatic heterocycles. The van der Waals surface area contributed by atoms with Gasteiger partial charge in [-0.05, 0) is 55.9 Å². The molecule has 0 radical (unpaired) electrons. The molecule has 1 aromatic rings. The SMILES string of the molecule is O=C(OC[C@H]1CCC[C@H]2c3cc(Cl)ccc3S(=O)(=O)N12)N1CCC(N2CCSCC2)CC1. The van der Waals surface area contributed by atoms with Crippen LogP contribution in [-0.4, -0.2) is 85.0 Å². The molecule has 3 saturated heterocycles. The second kappa shape index (κ2) is 9.33. The summed E-state index contributed by atoms with van der Waals surface area (Å²) in [5, 5.41) is 0.543. The van der Waals surface area contributed by atoms with Gasteiger partial charge in [0.2, 0.25) is 10.0 Å². The number of piperidine rings is 2. The summed E-state index contributed by atoms with van der Waals surface area (Å²) in [5.41, 5.74) is 0.770. The molecule has 4 aliphatic rings. The van der Waals surface area contributed by atoms with Gasteiger partial charge in [-0.1, -0.05) is 11.6 Å². The number of fused-ring (bicyclic) bond motifs is 3. The lowest BCUT2D eigenvalue weighted by Gasteiger charge is -2.40. The Morgan fingerprint density at radius 3 is 2.59 bits per heavy atom. The third kappa shape index (κ3) is 4.27. The van der Waals surface area contributed by atoms with Gasteiger partial charge in [0.15, 0.2) is 0 Å². The van der Waals surface area contributed by atoms with Crippen molar-refractivity contribution in [3.05, 3.63) is 28.8 Å². The predicted octanol–water partition coefficient (Wildman–Crippen LogP) is 3.59. The summed E-state index contributed by atoms with van der Waals surface area (Å²) in [7, 11) is -3.60. The lowest BCUT2D eigenvalue weighted by Crippen LogP contribution is -2.50. The highest BCUT2D eigenvalue weighted by atomic mass is 35.5. The summed E-state index contributed by atoms with van der Waals surface area (Å²) in [4.78, 5) is 17.4. The minimum absolute atomic E-state index is 0.0968. The van der Waals surface area contributed by atoms with Gasteiger partial charge in [0.1, 0.15) is 6.61 Å². The molecular weight excluding hydrogens is 470 g/mol. The first-order valence-corrected chi connectivity index (χ1v) is 14.5. The molecule has 176 valence electrons. The Bertz CT molecular complexity index is 962. The summed E-state index contributed by atoms with van der Waals surface area (Å²) < 4.78 is 33.6. The third-order valence-electron chi connectivity index (χ3n) is 7.25. The number of carbonyl (C=O) groups excluding carboxylic acids is 1. The lowest BCUT2D eigenvalue weighted by molar-refractivity contribution is 0.0499. The lowest BCUT2D eigenvalue weighted by atomic mass is 9.94. The molecule has 0 spiro atoms. The van der Waals surface area contributed by atoms with E-state index >= 15 is 0 Å². The first kappa shape index (κ1) is 22.8. The molecule has 7 nitrogen and oxygen atoms in total. The van der Waals surface area contributed by atoms with E-state index in [1.807, 2.05) is 11.8 Å². The van der Waals surface area contributed by atoms with Gasteiger partial charge >= 0.3 is 6.09 Å². The molecule has 3 fully saturated rings. The van der Waals surface area contributed by atoms with Crippen LogP contribution in [-0.2, 0) is 14.8 Å². The zero-order chi connectivity index (χ0) is 22.3. The van der Waals surface area contributed by atoms with Crippen LogP contribution >= 0.6 is 23.4 Å². The van der Waals surface area contributed by atoms with Crippen LogP contribution in [0.4, 0.5) is 4.79 Å². The van der Waals surface area contributed by atoms with Crippen molar-refractivity contribution in [2.24, 2.45) is 0 Å². The quantitative estimate of drug-likeness (QED) is 0.633. The molecule has 0 saturated carbocycles. The van der Waals surface area contributed by atoms with Crippen LogP contribution in [0.2, 0.25) is 5.02 Å². The van der Waals surface area contributed by atoms with Gasteiger partial charge < -0.3 is 9.64 Å². The molecule has 0 N–H and O–H groups in total. The van der Waals surface area contributed by atoms with Crippen molar-refractivity contribution in [1.29, 1.82) is 0 Å². The Morgan fingerprint density at radius 2 is 1.84 bits per heavy atom. The van der Waals surface area contributed by atoms with Gasteiger partial charge in [-0.3, -0.25) is 4.90 Å². The molecule has 2 atom stereocenters. The van der Waals surface area contributed by atoms with E-state index in [0.29, 0.717) is 35.5 Å². The van der Waals surface area contributed by atoms with Gasteiger partial charge in [-0.25, -0.2) is 13.2 Å². The number of nitrogens with zero attached hydrogens (tertiary/aromatic N) is 3. The van der Waals surface area contributed by atoms with Crippen LogP contribution in [0.15, 0.2) is 23.1 Å². The third-order valence-corrected chi connectivity index (χ3v) is 10.5. The van der Waals surface area contributed by atoms with Crippen molar-refractivity contribution in [2.75, 3.05) is 44.3 Å². The first-order valence-electron chi connectivity index (χ1n) is 11.5. The van der Waals surface area contributed by atoms with E-state index in [0.717, 1.165) is 44.3 Å². The smallest absolute Gasteiger partial charge is 0.409 e. The van der Waals surface area contributed by atoms with Crippen LogP contribution in [0.5, 0.6) is 0 Å². The maximum Gasteiger partial charge on any atom is 0.409 e. The molecular formula is C22H30ClN3O4S2. The van der Waals surface area contributed by atoms with E-state index in [9.17, 15) is 13.2 Å². The fourth-order valence-corrected chi connectivity index (χ4v) is 8.80. The number of rotatable bonds is 3. The molecule has 0 aliphatic carbocycles. The second-order valence-corrected chi connectivity index (χ2v) is 12.5. The number of ether oxygens (including phenoxy) is 1. The highest BCUT2D eigenvalue weighted by molar-refractivity contribution is 7.99. The van der Waals surface area contributed by atoms with Crippen LogP contribution in [0.1, 0.15) is 43.7 Å². The molecule has 1 amide bonds. The maximum atomic E-state index is 13.2. The van der Waals surface area contributed by atoms with E-state index < -0.39 is 10.0 Å². The molecule has 1 aromatic carbocycles. The Kier molecular flexibility index (Phi) is 6.64. The second-order valence-electron chi connectivity index (χ2n) is 9.06. The van der Waals surface area contributed by atoms with Crippen LogP contribution in [0, 0.1) is 0 Å². The van der Waals surface area contributed by atoms with Crippen molar-refractivity contribution < 1.29 is 17.9 Å². The highest BCUT2D eigenvalue weighted by Gasteiger charge is 2.48. The molecule has 0 unspecified atom stereocenters. The van der Waals surface area contributed by atoms with Crippen molar-refractivity contribution >= 4 is 39.5 Å². The number of carbonyl (C=O) groups is 1. The summed E-state index contributed by atoms with van der Waals surface area (Å²) in [5.74, 6) is 2.39. The minimum Gasteiger partial charge on any atom is -0.448 e. The van der Waals surface area contributed by atoms with Crippen LogP contribution < -0.4 is 0 Å². The Labute approximate surface area is 199 Å². The number of likely N-dealkylation sites (tertiary alicyclic amines) is 1. The number of hydrogen-bond acceptors (Lipinski definition) is 6.